The summed E-state index contributed by atoms with van der Waals surface area (Å²) in [6.07, 6.45) is 1.51. The van der Waals surface area contributed by atoms with Crippen LogP contribution in [0.5, 0.6) is 0 Å². The van der Waals surface area contributed by atoms with E-state index in [0.717, 1.165) is 27.0 Å². The summed E-state index contributed by atoms with van der Waals surface area (Å²) < 4.78 is 2.70. The van der Waals surface area contributed by atoms with Gasteiger partial charge in [0.1, 0.15) is 11.3 Å². The van der Waals surface area contributed by atoms with Crippen molar-refractivity contribution in [3.63, 3.8) is 0 Å². The molecule has 0 aliphatic rings. The number of thiazole rings is 1. The molecule has 2 aromatic heterocycles. The molecule has 0 saturated carbocycles. The van der Waals surface area contributed by atoms with Crippen LogP contribution >= 0.6 is 23.1 Å². The summed E-state index contributed by atoms with van der Waals surface area (Å²) in [4.78, 5) is 28.3. The second kappa shape index (κ2) is 7.97. The lowest BCUT2D eigenvalue weighted by atomic mass is 10.2. The first-order valence-corrected chi connectivity index (χ1v) is 10.1. The van der Waals surface area contributed by atoms with E-state index in [9.17, 15) is 14.9 Å². The third-order valence-corrected chi connectivity index (χ3v) is 6.18. The number of carbonyl (C=O) groups excluding carboxylic acids is 1. The van der Waals surface area contributed by atoms with Crippen LogP contribution in [0, 0.1) is 10.1 Å². The molecule has 0 bridgehead atoms. The van der Waals surface area contributed by atoms with Gasteiger partial charge in [-0.15, -0.1) is 21.5 Å². The van der Waals surface area contributed by atoms with Gasteiger partial charge in [-0.3, -0.25) is 14.9 Å². The molecule has 0 unspecified atom stereocenters. The highest BCUT2D eigenvalue weighted by atomic mass is 32.2. The minimum Gasteiger partial charge on any atom is -0.346 e. The smallest absolute Gasteiger partial charge is 0.284 e. The predicted octanol–water partition coefficient (Wildman–Crippen LogP) is 3.41. The van der Waals surface area contributed by atoms with Crippen molar-refractivity contribution in [1.82, 2.24) is 25.1 Å². The number of rotatable bonds is 6. The molecular formula is C18H14N6O3S2. The first-order valence-electron chi connectivity index (χ1n) is 8.44. The SMILES string of the molecule is Cn1cnnc1Sc1ccc(C(=O)NCc2nc3ccccc3s2)cc1[N+](=O)[O-]. The highest BCUT2D eigenvalue weighted by Crippen LogP contribution is 2.34. The number of nitro benzene ring substituents is 1. The van der Waals surface area contributed by atoms with Crippen LogP contribution in [0.4, 0.5) is 5.69 Å². The monoisotopic (exact) mass is 426 g/mol. The van der Waals surface area contributed by atoms with Crippen LogP contribution in [-0.2, 0) is 13.6 Å². The normalized spacial score (nSPS) is 10.9. The van der Waals surface area contributed by atoms with Gasteiger partial charge in [0.25, 0.3) is 11.6 Å². The molecule has 146 valence electrons. The van der Waals surface area contributed by atoms with E-state index in [4.69, 9.17) is 0 Å². The second-order valence-corrected chi connectivity index (χ2v) is 8.15. The number of aromatic nitrogens is 4. The summed E-state index contributed by atoms with van der Waals surface area (Å²) >= 11 is 2.61. The summed E-state index contributed by atoms with van der Waals surface area (Å²) in [6, 6.07) is 12.1. The van der Waals surface area contributed by atoms with E-state index in [2.05, 4.69) is 20.5 Å². The van der Waals surface area contributed by atoms with E-state index < -0.39 is 10.8 Å². The molecule has 4 rings (SSSR count). The number of carbonyl (C=O) groups is 1. The van der Waals surface area contributed by atoms with Crippen molar-refractivity contribution in [3.8, 4) is 0 Å². The Morgan fingerprint density at radius 2 is 2.14 bits per heavy atom. The van der Waals surface area contributed by atoms with Crippen LogP contribution < -0.4 is 5.32 Å². The van der Waals surface area contributed by atoms with Crippen LogP contribution in [0.1, 0.15) is 15.4 Å². The maximum absolute atomic E-state index is 12.5. The van der Waals surface area contributed by atoms with E-state index in [1.165, 1.54) is 23.7 Å². The summed E-state index contributed by atoms with van der Waals surface area (Å²) in [6.45, 7) is 0.251. The molecule has 1 N–H and O–H groups in total. The van der Waals surface area contributed by atoms with Gasteiger partial charge in [0, 0.05) is 18.7 Å². The molecule has 0 radical (unpaired) electrons. The van der Waals surface area contributed by atoms with Gasteiger partial charge in [-0.25, -0.2) is 4.98 Å². The van der Waals surface area contributed by atoms with Crippen LogP contribution in [0.3, 0.4) is 0 Å². The van der Waals surface area contributed by atoms with Gasteiger partial charge in [-0.05, 0) is 36.0 Å². The first kappa shape index (κ1) is 19.0. The number of fused-ring (bicyclic) bond motifs is 1. The summed E-state index contributed by atoms with van der Waals surface area (Å²) in [5, 5.41) is 23.2. The van der Waals surface area contributed by atoms with E-state index in [0.29, 0.717) is 10.1 Å². The lowest BCUT2D eigenvalue weighted by Crippen LogP contribution is -2.22. The zero-order valence-electron chi connectivity index (χ0n) is 15.1. The lowest BCUT2D eigenvalue weighted by Gasteiger charge is -2.06. The van der Waals surface area contributed by atoms with Gasteiger partial charge in [0.2, 0.25) is 0 Å². The number of para-hydroxylation sites is 1. The zero-order chi connectivity index (χ0) is 20.4. The number of hydrogen-bond acceptors (Lipinski definition) is 8. The molecular weight excluding hydrogens is 412 g/mol. The highest BCUT2D eigenvalue weighted by molar-refractivity contribution is 7.99. The minimum atomic E-state index is -0.511. The average Bonchev–Trinajstić information content (AvgIpc) is 3.32. The molecule has 0 aliphatic heterocycles. The van der Waals surface area contributed by atoms with Crippen molar-refractivity contribution >= 4 is 44.9 Å². The Kier molecular flexibility index (Phi) is 5.23. The maximum atomic E-state index is 12.5. The molecule has 9 nitrogen and oxygen atoms in total. The van der Waals surface area contributed by atoms with Crippen molar-refractivity contribution in [2.75, 3.05) is 0 Å². The number of nitrogens with zero attached hydrogens (tertiary/aromatic N) is 5. The average molecular weight is 426 g/mol. The van der Waals surface area contributed by atoms with Gasteiger partial charge >= 0.3 is 0 Å². The summed E-state index contributed by atoms with van der Waals surface area (Å²) in [5.41, 5.74) is 0.924. The molecule has 2 heterocycles. The standard InChI is InChI=1S/C18H14N6O3S2/c1-23-10-20-22-18(23)29-15-7-6-11(8-13(15)24(26)27)17(25)19-9-16-21-12-4-2-3-5-14(12)28-16/h2-8,10H,9H2,1H3,(H,19,25). The number of amides is 1. The molecule has 0 fully saturated rings. The fraction of sp³-hybridized carbons (Fsp3) is 0.111. The maximum Gasteiger partial charge on any atom is 0.284 e. The number of benzene rings is 2. The van der Waals surface area contributed by atoms with Crippen molar-refractivity contribution < 1.29 is 9.72 Å². The van der Waals surface area contributed by atoms with Crippen LogP contribution in [0.25, 0.3) is 10.2 Å². The Morgan fingerprint density at radius 1 is 1.31 bits per heavy atom. The second-order valence-electron chi connectivity index (χ2n) is 6.02. The number of nitro groups is 1. The summed E-state index contributed by atoms with van der Waals surface area (Å²) in [5.74, 6) is -0.400. The topological polar surface area (TPSA) is 116 Å². The van der Waals surface area contributed by atoms with Crippen molar-refractivity contribution in [3.05, 3.63) is 69.5 Å². The molecule has 4 aromatic rings. The molecule has 1 amide bonds. The van der Waals surface area contributed by atoms with Gasteiger partial charge in [-0.2, -0.15) is 0 Å². The Labute approximate surface area is 172 Å². The van der Waals surface area contributed by atoms with Crippen LogP contribution in [-0.4, -0.2) is 30.6 Å². The number of aryl methyl sites for hydroxylation is 1. The molecule has 0 aliphatic carbocycles. The van der Waals surface area contributed by atoms with Crippen molar-refractivity contribution in [1.29, 1.82) is 0 Å². The van der Waals surface area contributed by atoms with E-state index in [1.807, 2.05) is 24.3 Å². The Hall–Kier alpha value is -3.31. The number of hydrogen-bond donors (Lipinski definition) is 1. The van der Waals surface area contributed by atoms with Crippen LogP contribution in [0.15, 0.2) is 58.8 Å². The molecule has 0 spiro atoms. The third kappa shape index (κ3) is 4.10. The highest BCUT2D eigenvalue weighted by Gasteiger charge is 2.20. The Morgan fingerprint density at radius 3 is 2.86 bits per heavy atom. The number of nitrogens with one attached hydrogen (secondary N) is 1. The first-order chi connectivity index (χ1) is 14.0. The zero-order valence-corrected chi connectivity index (χ0v) is 16.7. The van der Waals surface area contributed by atoms with E-state index in [-0.39, 0.29) is 17.8 Å². The molecule has 0 atom stereocenters. The minimum absolute atomic E-state index is 0.161. The Bertz CT molecular complexity index is 1190. The molecule has 11 heteroatoms. The Balaban J connectivity index is 1.51. The molecule has 29 heavy (non-hydrogen) atoms. The lowest BCUT2D eigenvalue weighted by molar-refractivity contribution is -0.387. The largest absolute Gasteiger partial charge is 0.346 e. The van der Waals surface area contributed by atoms with Crippen LogP contribution in [0.2, 0.25) is 0 Å². The van der Waals surface area contributed by atoms with Crippen molar-refractivity contribution in [2.24, 2.45) is 7.05 Å². The van der Waals surface area contributed by atoms with Gasteiger partial charge in [0.15, 0.2) is 5.16 Å². The van der Waals surface area contributed by atoms with Gasteiger partial charge < -0.3 is 9.88 Å². The van der Waals surface area contributed by atoms with E-state index in [1.54, 1.807) is 23.7 Å². The fourth-order valence-electron chi connectivity index (χ4n) is 2.60. The van der Waals surface area contributed by atoms with E-state index >= 15 is 0 Å². The third-order valence-electron chi connectivity index (χ3n) is 4.03. The molecule has 0 saturated heterocycles. The van der Waals surface area contributed by atoms with Gasteiger partial charge in [0.05, 0.1) is 26.6 Å². The predicted molar refractivity (Wildman–Crippen MR) is 109 cm³/mol. The van der Waals surface area contributed by atoms with Gasteiger partial charge in [-0.1, -0.05) is 12.1 Å². The fourth-order valence-corrected chi connectivity index (χ4v) is 4.36. The van der Waals surface area contributed by atoms with Crippen molar-refractivity contribution in [2.45, 2.75) is 16.6 Å². The quantitative estimate of drug-likeness (QED) is 0.371. The summed E-state index contributed by atoms with van der Waals surface area (Å²) in [7, 11) is 1.75. The molecule has 2 aromatic carbocycles.